The van der Waals surface area contributed by atoms with Crippen molar-refractivity contribution in [2.45, 2.75) is 25.6 Å². The molecule has 130 valence electrons. The SMILES string of the molecule is Nc1ccc(OCCOCCOCCOC2CCCCO2)cc1. The molecular formula is C17H27NO5. The monoisotopic (exact) mass is 325 g/mol. The minimum atomic E-state index is -0.0471. The Balaban J connectivity index is 1.34. The Morgan fingerprint density at radius 3 is 2.30 bits per heavy atom. The van der Waals surface area contributed by atoms with Crippen molar-refractivity contribution in [2.24, 2.45) is 0 Å². The molecule has 0 bridgehead atoms. The predicted molar refractivity (Wildman–Crippen MR) is 87.5 cm³/mol. The first-order chi connectivity index (χ1) is 11.3. The first kappa shape index (κ1) is 18.0. The molecule has 2 rings (SSSR count). The number of hydrogen-bond acceptors (Lipinski definition) is 6. The molecule has 1 atom stereocenters. The van der Waals surface area contributed by atoms with E-state index in [-0.39, 0.29) is 6.29 Å². The van der Waals surface area contributed by atoms with Crippen molar-refractivity contribution in [3.05, 3.63) is 24.3 Å². The zero-order valence-corrected chi connectivity index (χ0v) is 13.6. The van der Waals surface area contributed by atoms with E-state index in [0.717, 1.165) is 30.9 Å². The van der Waals surface area contributed by atoms with Gasteiger partial charge in [0.05, 0.1) is 33.0 Å². The molecule has 23 heavy (non-hydrogen) atoms. The first-order valence-electron chi connectivity index (χ1n) is 8.21. The summed E-state index contributed by atoms with van der Waals surface area (Å²) < 4.78 is 27.4. The third kappa shape index (κ3) is 8.18. The van der Waals surface area contributed by atoms with Crippen molar-refractivity contribution < 1.29 is 23.7 Å². The van der Waals surface area contributed by atoms with Gasteiger partial charge in [-0.05, 0) is 43.5 Å². The Morgan fingerprint density at radius 1 is 0.913 bits per heavy atom. The third-order valence-electron chi connectivity index (χ3n) is 3.42. The summed E-state index contributed by atoms with van der Waals surface area (Å²) in [5.41, 5.74) is 6.33. The molecule has 1 aliphatic rings. The lowest BCUT2D eigenvalue weighted by Gasteiger charge is -2.22. The molecule has 0 spiro atoms. The van der Waals surface area contributed by atoms with Crippen LogP contribution in [0.5, 0.6) is 5.75 Å². The molecule has 6 heteroatoms. The topological polar surface area (TPSA) is 72.2 Å². The van der Waals surface area contributed by atoms with Gasteiger partial charge in [0.15, 0.2) is 6.29 Å². The van der Waals surface area contributed by atoms with Crippen LogP contribution in [0.25, 0.3) is 0 Å². The Morgan fingerprint density at radius 2 is 1.61 bits per heavy atom. The highest BCUT2D eigenvalue weighted by Crippen LogP contribution is 2.13. The minimum Gasteiger partial charge on any atom is -0.491 e. The molecule has 1 fully saturated rings. The maximum Gasteiger partial charge on any atom is 0.157 e. The van der Waals surface area contributed by atoms with Gasteiger partial charge in [-0.15, -0.1) is 0 Å². The van der Waals surface area contributed by atoms with Crippen molar-refractivity contribution in [1.29, 1.82) is 0 Å². The van der Waals surface area contributed by atoms with E-state index in [9.17, 15) is 0 Å². The molecule has 0 aliphatic carbocycles. The van der Waals surface area contributed by atoms with Gasteiger partial charge >= 0.3 is 0 Å². The van der Waals surface area contributed by atoms with Crippen LogP contribution in [0.3, 0.4) is 0 Å². The highest BCUT2D eigenvalue weighted by Gasteiger charge is 2.13. The van der Waals surface area contributed by atoms with Gasteiger partial charge in [-0.25, -0.2) is 0 Å². The average molecular weight is 325 g/mol. The van der Waals surface area contributed by atoms with E-state index in [0.29, 0.717) is 39.6 Å². The number of rotatable bonds is 11. The number of hydrogen-bond donors (Lipinski definition) is 1. The first-order valence-corrected chi connectivity index (χ1v) is 8.21. The van der Waals surface area contributed by atoms with Crippen LogP contribution in [0.4, 0.5) is 5.69 Å². The van der Waals surface area contributed by atoms with Crippen LogP contribution >= 0.6 is 0 Å². The van der Waals surface area contributed by atoms with Gasteiger partial charge < -0.3 is 29.4 Å². The smallest absolute Gasteiger partial charge is 0.157 e. The van der Waals surface area contributed by atoms with Gasteiger partial charge in [-0.3, -0.25) is 0 Å². The molecule has 0 amide bonds. The average Bonchev–Trinajstić information content (AvgIpc) is 2.59. The van der Waals surface area contributed by atoms with Gasteiger partial charge in [0.25, 0.3) is 0 Å². The molecule has 0 aromatic heterocycles. The van der Waals surface area contributed by atoms with E-state index in [2.05, 4.69) is 0 Å². The number of anilines is 1. The summed E-state index contributed by atoms with van der Waals surface area (Å²) in [5, 5.41) is 0. The summed E-state index contributed by atoms with van der Waals surface area (Å²) in [6.45, 7) is 4.06. The van der Waals surface area contributed by atoms with Crippen molar-refractivity contribution in [3.63, 3.8) is 0 Å². The second-order valence-electron chi connectivity index (χ2n) is 5.31. The zero-order chi connectivity index (χ0) is 16.2. The van der Waals surface area contributed by atoms with Crippen LogP contribution in [0.15, 0.2) is 24.3 Å². The number of ether oxygens (including phenoxy) is 5. The maximum atomic E-state index is 5.60. The quantitative estimate of drug-likeness (QED) is 0.497. The summed E-state index contributed by atoms with van der Waals surface area (Å²) in [6, 6.07) is 7.30. The second kappa shape index (κ2) is 11.2. The normalized spacial score (nSPS) is 18.0. The summed E-state index contributed by atoms with van der Waals surface area (Å²) >= 11 is 0. The molecule has 1 aromatic carbocycles. The van der Waals surface area contributed by atoms with E-state index >= 15 is 0 Å². The fraction of sp³-hybridized carbons (Fsp3) is 0.647. The maximum absolute atomic E-state index is 5.60. The highest BCUT2D eigenvalue weighted by atomic mass is 16.7. The molecule has 1 heterocycles. The van der Waals surface area contributed by atoms with Crippen LogP contribution in [0.1, 0.15) is 19.3 Å². The lowest BCUT2D eigenvalue weighted by molar-refractivity contribution is -0.169. The van der Waals surface area contributed by atoms with Crippen molar-refractivity contribution >= 4 is 5.69 Å². The number of nitrogen functional groups attached to an aromatic ring is 1. The summed E-state index contributed by atoms with van der Waals surface area (Å²) in [7, 11) is 0. The number of benzene rings is 1. The van der Waals surface area contributed by atoms with Gasteiger partial charge in [-0.1, -0.05) is 0 Å². The van der Waals surface area contributed by atoms with Crippen LogP contribution in [-0.2, 0) is 18.9 Å². The molecular weight excluding hydrogens is 298 g/mol. The minimum absolute atomic E-state index is 0.0471. The van der Waals surface area contributed by atoms with Gasteiger partial charge in [0.1, 0.15) is 12.4 Å². The molecule has 2 N–H and O–H groups in total. The molecule has 6 nitrogen and oxygen atoms in total. The van der Waals surface area contributed by atoms with Gasteiger partial charge in [0.2, 0.25) is 0 Å². The van der Waals surface area contributed by atoms with E-state index in [1.807, 2.05) is 24.3 Å². The van der Waals surface area contributed by atoms with E-state index in [1.54, 1.807) is 0 Å². The van der Waals surface area contributed by atoms with Crippen LogP contribution in [-0.4, -0.2) is 52.5 Å². The summed E-state index contributed by atoms with van der Waals surface area (Å²) in [5.74, 6) is 0.793. The summed E-state index contributed by atoms with van der Waals surface area (Å²) in [4.78, 5) is 0. The molecule has 1 saturated heterocycles. The molecule has 0 saturated carbocycles. The summed E-state index contributed by atoms with van der Waals surface area (Å²) in [6.07, 6.45) is 3.25. The highest BCUT2D eigenvalue weighted by molar-refractivity contribution is 5.41. The second-order valence-corrected chi connectivity index (χ2v) is 5.31. The fourth-order valence-electron chi connectivity index (χ4n) is 2.19. The Labute approximate surface area is 137 Å². The largest absolute Gasteiger partial charge is 0.491 e. The van der Waals surface area contributed by atoms with Crippen LogP contribution in [0, 0.1) is 0 Å². The molecule has 1 unspecified atom stereocenters. The van der Waals surface area contributed by atoms with E-state index < -0.39 is 0 Å². The van der Waals surface area contributed by atoms with Crippen molar-refractivity contribution in [3.8, 4) is 5.75 Å². The van der Waals surface area contributed by atoms with Crippen LogP contribution in [0.2, 0.25) is 0 Å². The molecule has 1 aromatic rings. The molecule has 1 aliphatic heterocycles. The van der Waals surface area contributed by atoms with E-state index in [4.69, 9.17) is 29.4 Å². The van der Waals surface area contributed by atoms with Gasteiger partial charge in [-0.2, -0.15) is 0 Å². The fourth-order valence-corrected chi connectivity index (χ4v) is 2.19. The Bertz CT molecular complexity index is 406. The van der Waals surface area contributed by atoms with Crippen molar-refractivity contribution in [1.82, 2.24) is 0 Å². The van der Waals surface area contributed by atoms with E-state index in [1.165, 1.54) is 6.42 Å². The zero-order valence-electron chi connectivity index (χ0n) is 13.6. The Hall–Kier alpha value is -1.34. The van der Waals surface area contributed by atoms with Crippen LogP contribution < -0.4 is 10.5 Å². The molecule has 0 radical (unpaired) electrons. The lowest BCUT2D eigenvalue weighted by atomic mass is 10.2. The number of nitrogens with two attached hydrogens (primary N) is 1. The lowest BCUT2D eigenvalue weighted by Crippen LogP contribution is -2.24. The standard InChI is InChI=1S/C17H27NO5/c18-15-4-6-16(7-5-15)21-13-11-19-9-10-20-12-14-23-17-3-1-2-8-22-17/h4-7,17H,1-3,8-14,18H2. The third-order valence-corrected chi connectivity index (χ3v) is 3.42. The van der Waals surface area contributed by atoms with Crippen molar-refractivity contribution in [2.75, 3.05) is 52.0 Å². The Kier molecular flexibility index (Phi) is 8.80. The van der Waals surface area contributed by atoms with Gasteiger partial charge in [0, 0.05) is 12.3 Å². The predicted octanol–water partition coefficient (Wildman–Crippen LogP) is 2.22.